The van der Waals surface area contributed by atoms with E-state index in [4.69, 9.17) is 5.11 Å². The zero-order valence-corrected chi connectivity index (χ0v) is 7.95. The summed E-state index contributed by atoms with van der Waals surface area (Å²) in [7, 11) is 0. The zero-order chi connectivity index (χ0) is 10.8. The molecule has 0 aromatic carbocycles. The Balaban J connectivity index is 2.45. The van der Waals surface area contributed by atoms with Gasteiger partial charge in [0.1, 0.15) is 0 Å². The van der Waals surface area contributed by atoms with Gasteiger partial charge in [0.25, 0.3) is 5.95 Å². The molecule has 6 nitrogen and oxygen atoms in total. The van der Waals surface area contributed by atoms with Crippen LogP contribution in [0.5, 0.6) is 0 Å². The fourth-order valence-electron chi connectivity index (χ4n) is 1.10. The first-order valence-corrected chi connectivity index (χ1v) is 4.25. The number of rotatable bonds is 2. The Labute approximate surface area is 85.2 Å². The van der Waals surface area contributed by atoms with E-state index in [9.17, 15) is 4.79 Å². The molecule has 0 aliphatic carbocycles. The van der Waals surface area contributed by atoms with Crippen molar-refractivity contribution in [2.45, 2.75) is 6.92 Å². The van der Waals surface area contributed by atoms with Gasteiger partial charge in [0.15, 0.2) is 5.69 Å². The van der Waals surface area contributed by atoms with E-state index in [1.54, 1.807) is 12.4 Å². The van der Waals surface area contributed by atoms with Crippen LogP contribution in [0.15, 0.2) is 24.7 Å². The summed E-state index contributed by atoms with van der Waals surface area (Å²) in [5, 5.41) is 12.7. The van der Waals surface area contributed by atoms with Crippen LogP contribution in [-0.2, 0) is 0 Å². The minimum absolute atomic E-state index is 0.0480. The molecule has 0 unspecified atom stereocenters. The molecule has 1 N–H and O–H groups in total. The normalized spacial score (nSPS) is 10.2. The average molecular weight is 204 g/mol. The van der Waals surface area contributed by atoms with E-state index in [2.05, 4.69) is 15.1 Å². The number of carboxylic acids is 1. The van der Waals surface area contributed by atoms with Crippen LogP contribution in [0.3, 0.4) is 0 Å². The van der Waals surface area contributed by atoms with Gasteiger partial charge in [-0.15, -0.1) is 0 Å². The summed E-state index contributed by atoms with van der Waals surface area (Å²) in [6.45, 7) is 1.88. The van der Waals surface area contributed by atoms with Gasteiger partial charge in [0.05, 0.1) is 6.20 Å². The van der Waals surface area contributed by atoms with Gasteiger partial charge in [-0.1, -0.05) is 0 Å². The minimum atomic E-state index is -1.08. The Morgan fingerprint density at radius 2 is 2.33 bits per heavy atom. The molecule has 6 heteroatoms. The first-order valence-electron chi connectivity index (χ1n) is 4.25. The molecular formula is C9H8N4O2. The molecule has 0 fully saturated rings. The second kappa shape index (κ2) is 3.49. The maximum atomic E-state index is 10.7. The van der Waals surface area contributed by atoms with Crippen molar-refractivity contribution in [2.24, 2.45) is 0 Å². The molecule has 0 atom stereocenters. The fraction of sp³-hybridized carbons (Fsp3) is 0.111. The molecule has 2 aromatic heterocycles. The number of hydrogen-bond donors (Lipinski definition) is 1. The van der Waals surface area contributed by atoms with Crippen molar-refractivity contribution in [1.29, 1.82) is 0 Å². The van der Waals surface area contributed by atoms with Crippen molar-refractivity contribution < 1.29 is 9.90 Å². The molecule has 76 valence electrons. The maximum Gasteiger partial charge on any atom is 0.354 e. The lowest BCUT2D eigenvalue weighted by atomic mass is 10.4. The number of nitrogens with zero attached hydrogens (tertiary/aromatic N) is 4. The van der Waals surface area contributed by atoms with E-state index in [0.717, 1.165) is 5.56 Å². The van der Waals surface area contributed by atoms with E-state index < -0.39 is 5.97 Å². The first kappa shape index (κ1) is 9.32. The zero-order valence-electron chi connectivity index (χ0n) is 7.95. The van der Waals surface area contributed by atoms with Crippen molar-refractivity contribution in [2.75, 3.05) is 0 Å². The third-order valence-electron chi connectivity index (χ3n) is 1.78. The van der Waals surface area contributed by atoms with Crippen LogP contribution < -0.4 is 0 Å². The summed E-state index contributed by atoms with van der Waals surface area (Å²) in [5.74, 6) is -0.828. The second-order valence-corrected chi connectivity index (χ2v) is 3.01. The van der Waals surface area contributed by atoms with Crippen LogP contribution in [0.1, 0.15) is 16.1 Å². The highest BCUT2D eigenvalue weighted by atomic mass is 16.4. The van der Waals surface area contributed by atoms with Crippen molar-refractivity contribution in [1.82, 2.24) is 19.7 Å². The SMILES string of the molecule is Cc1cnn(-c2nccc(C(=O)O)n2)c1. The van der Waals surface area contributed by atoms with Crippen LogP contribution >= 0.6 is 0 Å². The Morgan fingerprint density at radius 3 is 2.93 bits per heavy atom. The summed E-state index contributed by atoms with van der Waals surface area (Å²) >= 11 is 0. The molecule has 0 bridgehead atoms. The lowest BCUT2D eigenvalue weighted by Gasteiger charge is -1.99. The lowest BCUT2D eigenvalue weighted by molar-refractivity contribution is 0.0690. The van der Waals surface area contributed by atoms with Gasteiger partial charge in [-0.05, 0) is 18.6 Å². The number of aryl methyl sites for hydroxylation is 1. The quantitative estimate of drug-likeness (QED) is 0.777. The largest absolute Gasteiger partial charge is 0.477 e. The highest BCUT2D eigenvalue weighted by molar-refractivity contribution is 5.85. The molecular weight excluding hydrogens is 196 g/mol. The summed E-state index contributed by atoms with van der Waals surface area (Å²) in [4.78, 5) is 18.4. The molecule has 0 spiro atoms. The fourth-order valence-corrected chi connectivity index (χ4v) is 1.10. The summed E-state index contributed by atoms with van der Waals surface area (Å²) in [5.41, 5.74) is 0.910. The van der Waals surface area contributed by atoms with Crippen molar-refractivity contribution in [3.63, 3.8) is 0 Å². The molecule has 2 aromatic rings. The molecule has 0 amide bonds. The van der Waals surface area contributed by atoms with Gasteiger partial charge >= 0.3 is 5.97 Å². The number of aromatic nitrogens is 4. The molecule has 2 rings (SSSR count). The monoisotopic (exact) mass is 204 g/mol. The highest BCUT2D eigenvalue weighted by Gasteiger charge is 2.07. The molecule has 15 heavy (non-hydrogen) atoms. The highest BCUT2D eigenvalue weighted by Crippen LogP contribution is 2.02. The van der Waals surface area contributed by atoms with Crippen molar-refractivity contribution in [3.8, 4) is 5.95 Å². The number of carbonyl (C=O) groups is 1. The van der Waals surface area contributed by atoms with Gasteiger partial charge in [-0.2, -0.15) is 5.10 Å². The number of aromatic carboxylic acids is 1. The van der Waals surface area contributed by atoms with Gasteiger partial charge in [0, 0.05) is 12.4 Å². The Hall–Kier alpha value is -2.24. The summed E-state index contributed by atoms with van der Waals surface area (Å²) < 4.78 is 1.43. The van der Waals surface area contributed by atoms with Gasteiger partial charge < -0.3 is 5.11 Å². The summed E-state index contributed by atoms with van der Waals surface area (Å²) in [6, 6.07) is 1.34. The Bertz CT molecular complexity index is 506. The van der Waals surface area contributed by atoms with E-state index in [-0.39, 0.29) is 11.6 Å². The Kier molecular flexibility index (Phi) is 2.17. The second-order valence-electron chi connectivity index (χ2n) is 3.01. The maximum absolute atomic E-state index is 10.7. The lowest BCUT2D eigenvalue weighted by Crippen LogP contribution is -2.07. The van der Waals surface area contributed by atoms with E-state index >= 15 is 0 Å². The molecule has 0 saturated heterocycles. The molecule has 0 saturated carbocycles. The third kappa shape index (κ3) is 1.83. The van der Waals surface area contributed by atoms with Gasteiger partial charge in [-0.25, -0.2) is 19.4 Å². The van der Waals surface area contributed by atoms with Crippen LogP contribution in [-0.4, -0.2) is 30.8 Å². The van der Waals surface area contributed by atoms with E-state index in [0.29, 0.717) is 0 Å². The van der Waals surface area contributed by atoms with E-state index in [1.165, 1.54) is 16.9 Å². The first-order chi connectivity index (χ1) is 7.16. The predicted molar refractivity (Wildman–Crippen MR) is 50.9 cm³/mol. The smallest absolute Gasteiger partial charge is 0.354 e. The number of carboxylic acid groups (broad SMARTS) is 1. The molecule has 2 heterocycles. The van der Waals surface area contributed by atoms with Gasteiger partial charge in [-0.3, -0.25) is 0 Å². The topological polar surface area (TPSA) is 80.9 Å². The molecule has 0 aliphatic rings. The van der Waals surface area contributed by atoms with Crippen molar-refractivity contribution in [3.05, 3.63) is 35.9 Å². The summed E-state index contributed by atoms with van der Waals surface area (Å²) in [6.07, 6.45) is 4.76. The van der Waals surface area contributed by atoms with E-state index in [1.807, 2.05) is 6.92 Å². The predicted octanol–water partition coefficient (Wildman–Crippen LogP) is 0.669. The average Bonchev–Trinajstić information content (AvgIpc) is 2.65. The number of hydrogen-bond acceptors (Lipinski definition) is 4. The van der Waals surface area contributed by atoms with Crippen LogP contribution in [0.4, 0.5) is 0 Å². The van der Waals surface area contributed by atoms with Crippen LogP contribution in [0, 0.1) is 6.92 Å². The van der Waals surface area contributed by atoms with Crippen LogP contribution in [0.25, 0.3) is 5.95 Å². The van der Waals surface area contributed by atoms with Crippen molar-refractivity contribution >= 4 is 5.97 Å². The Morgan fingerprint density at radius 1 is 1.53 bits per heavy atom. The van der Waals surface area contributed by atoms with Crippen LogP contribution in [0.2, 0.25) is 0 Å². The molecule has 0 aliphatic heterocycles. The standard InChI is InChI=1S/C9H8N4O2/c1-6-4-11-13(5-6)9-10-3-2-7(12-9)8(14)15/h2-5H,1H3,(H,14,15). The third-order valence-corrected chi connectivity index (χ3v) is 1.78. The minimum Gasteiger partial charge on any atom is -0.477 e. The molecule has 0 radical (unpaired) electrons. The van der Waals surface area contributed by atoms with Gasteiger partial charge in [0.2, 0.25) is 0 Å².